The fraction of sp³-hybridized carbons (Fsp3) is 0.895. The number of hydrogen-bond acceptors (Lipinski definition) is 7. The minimum Gasteiger partial charge on any atom is -0.454 e. The maximum absolute atomic E-state index is 12.9. The zero-order chi connectivity index (χ0) is 19.5. The highest BCUT2D eigenvalue weighted by Gasteiger charge is 2.64. The molecule has 0 N–H and O–H groups in total. The third-order valence-corrected chi connectivity index (χ3v) is 5.24. The van der Waals surface area contributed by atoms with Crippen molar-refractivity contribution >= 4 is 11.9 Å². The molecule has 3 fully saturated rings. The van der Waals surface area contributed by atoms with Crippen LogP contribution < -0.4 is 0 Å². The van der Waals surface area contributed by atoms with Crippen LogP contribution in [0.2, 0.25) is 0 Å². The van der Waals surface area contributed by atoms with Crippen LogP contribution in [0, 0.1) is 10.8 Å². The molecule has 3 heterocycles. The molecule has 6 unspecified atom stereocenters. The van der Waals surface area contributed by atoms with Crippen LogP contribution in [0.25, 0.3) is 0 Å². The van der Waals surface area contributed by atoms with Gasteiger partial charge in [-0.15, -0.1) is 0 Å². The summed E-state index contributed by atoms with van der Waals surface area (Å²) in [5, 5.41) is 0. The van der Waals surface area contributed by atoms with Gasteiger partial charge < -0.3 is 23.7 Å². The van der Waals surface area contributed by atoms with E-state index in [4.69, 9.17) is 23.7 Å². The molecule has 0 amide bonds. The predicted octanol–water partition coefficient (Wildman–Crippen LogP) is 2.55. The Bertz CT molecular complexity index is 593. The van der Waals surface area contributed by atoms with Crippen molar-refractivity contribution in [3.8, 4) is 0 Å². The lowest BCUT2D eigenvalue weighted by atomic mass is 9.73. The normalized spacial score (nSPS) is 37.7. The molecule has 0 bridgehead atoms. The lowest BCUT2D eigenvalue weighted by Crippen LogP contribution is -2.42. The monoisotopic (exact) mass is 370 g/mol. The first-order chi connectivity index (χ1) is 11.9. The van der Waals surface area contributed by atoms with Crippen LogP contribution in [0.5, 0.6) is 0 Å². The Morgan fingerprint density at radius 2 is 1.77 bits per heavy atom. The third kappa shape index (κ3) is 3.49. The Labute approximate surface area is 154 Å². The van der Waals surface area contributed by atoms with Gasteiger partial charge in [0.15, 0.2) is 24.3 Å². The Balaban J connectivity index is 1.71. The SMILES string of the molecule is CCC(C)(CC(C)(C)C)C(=O)OC1C(=O)OC2C3OC(C)(C)OC3OC12. The summed E-state index contributed by atoms with van der Waals surface area (Å²) >= 11 is 0. The second-order valence-electron chi connectivity index (χ2n) is 9.45. The van der Waals surface area contributed by atoms with Crippen LogP contribution in [-0.2, 0) is 33.3 Å². The summed E-state index contributed by atoms with van der Waals surface area (Å²) < 4.78 is 28.3. The highest BCUT2D eigenvalue weighted by molar-refractivity contribution is 5.84. The number of ether oxygens (including phenoxy) is 5. The number of fused-ring (bicyclic) bond motifs is 3. The van der Waals surface area contributed by atoms with Gasteiger partial charge in [0.25, 0.3) is 0 Å². The van der Waals surface area contributed by atoms with Crippen molar-refractivity contribution in [3.63, 3.8) is 0 Å². The van der Waals surface area contributed by atoms with E-state index in [0.29, 0.717) is 12.8 Å². The molecule has 3 saturated heterocycles. The summed E-state index contributed by atoms with van der Waals surface area (Å²) in [7, 11) is 0. The average molecular weight is 370 g/mol. The van der Waals surface area contributed by atoms with Gasteiger partial charge in [-0.05, 0) is 39.0 Å². The summed E-state index contributed by atoms with van der Waals surface area (Å²) in [6.45, 7) is 13.6. The van der Waals surface area contributed by atoms with E-state index < -0.39 is 53.8 Å². The van der Waals surface area contributed by atoms with E-state index in [0.717, 1.165) is 0 Å². The summed E-state index contributed by atoms with van der Waals surface area (Å²) in [6.07, 6.45) is -2.27. The van der Waals surface area contributed by atoms with Gasteiger partial charge in [-0.2, -0.15) is 0 Å². The van der Waals surface area contributed by atoms with Gasteiger partial charge in [0.1, 0.15) is 6.10 Å². The van der Waals surface area contributed by atoms with E-state index in [2.05, 4.69) is 20.8 Å². The first kappa shape index (κ1) is 19.6. The largest absolute Gasteiger partial charge is 0.454 e. The molecule has 0 aromatic heterocycles. The van der Waals surface area contributed by atoms with Crippen LogP contribution in [-0.4, -0.2) is 48.4 Å². The molecular weight excluding hydrogens is 340 g/mol. The summed E-state index contributed by atoms with van der Waals surface area (Å²) in [5.74, 6) is -1.79. The topological polar surface area (TPSA) is 80.3 Å². The smallest absolute Gasteiger partial charge is 0.350 e. The van der Waals surface area contributed by atoms with E-state index >= 15 is 0 Å². The van der Waals surface area contributed by atoms with Crippen molar-refractivity contribution in [1.29, 1.82) is 0 Å². The molecule has 0 aromatic rings. The summed E-state index contributed by atoms with van der Waals surface area (Å²) in [6, 6.07) is 0. The van der Waals surface area contributed by atoms with E-state index in [1.807, 2.05) is 13.8 Å². The van der Waals surface area contributed by atoms with Crippen molar-refractivity contribution < 1.29 is 33.3 Å². The van der Waals surface area contributed by atoms with Gasteiger partial charge in [0.05, 0.1) is 5.41 Å². The van der Waals surface area contributed by atoms with Gasteiger partial charge >= 0.3 is 11.9 Å². The highest BCUT2D eigenvalue weighted by Crippen LogP contribution is 2.44. The van der Waals surface area contributed by atoms with E-state index in [1.54, 1.807) is 13.8 Å². The quantitative estimate of drug-likeness (QED) is 0.704. The zero-order valence-corrected chi connectivity index (χ0v) is 16.7. The van der Waals surface area contributed by atoms with Crippen molar-refractivity contribution in [1.82, 2.24) is 0 Å². The van der Waals surface area contributed by atoms with Gasteiger partial charge in [0.2, 0.25) is 6.10 Å². The fourth-order valence-corrected chi connectivity index (χ4v) is 4.10. The first-order valence-corrected chi connectivity index (χ1v) is 9.28. The van der Waals surface area contributed by atoms with Crippen LogP contribution in [0.15, 0.2) is 0 Å². The second kappa shape index (κ2) is 6.17. The maximum atomic E-state index is 12.9. The molecule has 7 nitrogen and oxygen atoms in total. The van der Waals surface area contributed by atoms with Crippen LogP contribution in [0.4, 0.5) is 0 Å². The van der Waals surface area contributed by atoms with Crippen molar-refractivity contribution in [3.05, 3.63) is 0 Å². The van der Waals surface area contributed by atoms with Crippen LogP contribution in [0.3, 0.4) is 0 Å². The first-order valence-electron chi connectivity index (χ1n) is 9.28. The molecule has 3 aliphatic rings. The molecule has 0 radical (unpaired) electrons. The maximum Gasteiger partial charge on any atom is 0.350 e. The number of rotatable bonds is 4. The zero-order valence-electron chi connectivity index (χ0n) is 16.7. The molecule has 0 spiro atoms. The number of carbonyl (C=O) groups is 2. The van der Waals surface area contributed by atoms with Crippen molar-refractivity contribution in [2.24, 2.45) is 10.8 Å². The summed E-state index contributed by atoms with van der Waals surface area (Å²) in [4.78, 5) is 25.2. The molecule has 0 saturated carbocycles. The molecule has 3 rings (SSSR count). The van der Waals surface area contributed by atoms with Gasteiger partial charge in [0, 0.05) is 0 Å². The molecule has 26 heavy (non-hydrogen) atoms. The fourth-order valence-electron chi connectivity index (χ4n) is 4.10. The molecule has 148 valence electrons. The molecule has 0 aromatic carbocycles. The van der Waals surface area contributed by atoms with Crippen molar-refractivity contribution in [2.75, 3.05) is 0 Å². The van der Waals surface area contributed by atoms with E-state index in [1.165, 1.54) is 0 Å². The molecule has 0 aliphatic carbocycles. The minimum atomic E-state index is -1.08. The van der Waals surface area contributed by atoms with E-state index in [-0.39, 0.29) is 5.41 Å². The number of carbonyl (C=O) groups excluding carboxylic acids is 2. The minimum absolute atomic E-state index is 0.0450. The highest BCUT2D eigenvalue weighted by atomic mass is 16.8. The Morgan fingerprint density at radius 1 is 1.12 bits per heavy atom. The molecular formula is C19H30O7. The molecule has 7 heteroatoms. The van der Waals surface area contributed by atoms with E-state index in [9.17, 15) is 9.59 Å². The van der Waals surface area contributed by atoms with Crippen molar-refractivity contribution in [2.45, 2.75) is 97.8 Å². The lowest BCUT2D eigenvalue weighted by Gasteiger charge is -2.33. The Kier molecular flexibility index (Phi) is 4.65. The molecule has 6 atom stereocenters. The Hall–Kier alpha value is -1.18. The lowest BCUT2D eigenvalue weighted by molar-refractivity contribution is -0.218. The average Bonchev–Trinajstić information content (AvgIpc) is 3.05. The van der Waals surface area contributed by atoms with Gasteiger partial charge in [-0.3, -0.25) is 4.79 Å². The number of hydrogen-bond donors (Lipinski definition) is 0. The summed E-state index contributed by atoms with van der Waals surface area (Å²) in [5.41, 5.74) is -0.725. The standard InChI is InChI=1S/C19H30O7/c1-8-19(7,9-17(2,3)4)16(21)24-12-10-11(22-14(12)20)13-15(23-10)26-18(5,6)25-13/h10-13,15H,8-9H2,1-7H3. The van der Waals surface area contributed by atoms with Crippen LogP contribution in [0.1, 0.15) is 61.3 Å². The predicted molar refractivity (Wildman–Crippen MR) is 90.9 cm³/mol. The van der Waals surface area contributed by atoms with Crippen LogP contribution >= 0.6 is 0 Å². The van der Waals surface area contributed by atoms with Gasteiger partial charge in [-0.25, -0.2) is 4.79 Å². The van der Waals surface area contributed by atoms with Gasteiger partial charge in [-0.1, -0.05) is 27.7 Å². The molecule has 3 aliphatic heterocycles. The third-order valence-electron chi connectivity index (χ3n) is 5.24. The second-order valence-corrected chi connectivity index (χ2v) is 9.45. The number of esters is 2. The Morgan fingerprint density at radius 3 is 2.35 bits per heavy atom.